The van der Waals surface area contributed by atoms with Gasteiger partial charge >= 0.3 is 0 Å². The molecule has 0 unspecified atom stereocenters. The van der Waals surface area contributed by atoms with Crippen LogP contribution in [0.4, 0.5) is 0 Å². The summed E-state index contributed by atoms with van der Waals surface area (Å²) in [7, 11) is 3.19. The average molecular weight is 443 g/mol. The molecular formula is C25H34N2O5. The van der Waals surface area contributed by atoms with Crippen LogP contribution < -0.4 is 19.5 Å². The van der Waals surface area contributed by atoms with Crippen LogP contribution in [0.15, 0.2) is 48.5 Å². The van der Waals surface area contributed by atoms with Crippen molar-refractivity contribution in [1.82, 2.24) is 10.2 Å². The zero-order valence-corrected chi connectivity index (χ0v) is 19.6. The fraction of sp³-hybridized carbons (Fsp3) is 0.440. The van der Waals surface area contributed by atoms with Crippen LogP contribution in [0.2, 0.25) is 0 Å². The molecule has 0 bridgehead atoms. The van der Waals surface area contributed by atoms with E-state index in [2.05, 4.69) is 5.32 Å². The molecule has 1 N–H and O–H groups in total. The second-order valence-corrected chi connectivity index (χ2v) is 7.90. The number of benzene rings is 2. The summed E-state index contributed by atoms with van der Waals surface area (Å²) in [6.07, 6.45) is 0.494. The van der Waals surface area contributed by atoms with Crippen LogP contribution in [0.1, 0.15) is 32.8 Å². The predicted octanol–water partition coefficient (Wildman–Crippen LogP) is 3.66. The van der Waals surface area contributed by atoms with Gasteiger partial charge in [0.15, 0.2) is 6.61 Å². The Morgan fingerprint density at radius 2 is 1.44 bits per heavy atom. The number of amides is 2. The van der Waals surface area contributed by atoms with E-state index in [0.29, 0.717) is 36.9 Å². The summed E-state index contributed by atoms with van der Waals surface area (Å²) in [6, 6.07) is 13.9. The summed E-state index contributed by atoms with van der Waals surface area (Å²) < 4.78 is 16.1. The van der Waals surface area contributed by atoms with E-state index in [1.54, 1.807) is 43.4 Å². The van der Waals surface area contributed by atoms with Crippen LogP contribution in [0, 0.1) is 5.92 Å². The lowest BCUT2D eigenvalue weighted by Gasteiger charge is -2.31. The van der Waals surface area contributed by atoms with E-state index in [1.165, 1.54) is 0 Å². The highest BCUT2D eigenvalue weighted by Gasteiger charge is 2.29. The molecule has 0 aliphatic heterocycles. The van der Waals surface area contributed by atoms with E-state index in [0.717, 1.165) is 11.3 Å². The van der Waals surface area contributed by atoms with E-state index < -0.39 is 6.04 Å². The molecule has 1 atom stereocenters. The number of nitrogens with zero attached hydrogens (tertiary/aromatic N) is 1. The maximum atomic E-state index is 13.2. The first kappa shape index (κ1) is 25.0. The van der Waals surface area contributed by atoms with Gasteiger partial charge in [-0.3, -0.25) is 9.59 Å². The monoisotopic (exact) mass is 442 g/mol. The van der Waals surface area contributed by atoms with Crippen molar-refractivity contribution < 1.29 is 23.8 Å². The summed E-state index contributed by atoms with van der Waals surface area (Å²) in [4.78, 5) is 27.6. The summed E-state index contributed by atoms with van der Waals surface area (Å²) in [5.41, 5.74) is 0.902. The van der Waals surface area contributed by atoms with E-state index in [9.17, 15) is 9.59 Å². The van der Waals surface area contributed by atoms with E-state index in [-0.39, 0.29) is 18.4 Å². The maximum absolute atomic E-state index is 13.2. The Bertz CT molecular complexity index is 850. The standard InChI is InChI=1S/C25H34N2O5/c1-6-23(25(29)26-15-18(2)3)27(16-19-7-9-20(30-4)10-8-19)24(28)17-32-22-13-11-21(31-5)12-14-22/h7-14,18,23H,6,15-17H2,1-5H3,(H,26,29)/t23-/m0/s1. The minimum Gasteiger partial charge on any atom is -0.497 e. The third-order valence-corrected chi connectivity index (χ3v) is 5.00. The van der Waals surface area contributed by atoms with Crippen molar-refractivity contribution in [3.8, 4) is 17.2 Å². The molecule has 7 heteroatoms. The van der Waals surface area contributed by atoms with Gasteiger partial charge in [-0.05, 0) is 54.3 Å². The van der Waals surface area contributed by atoms with Crippen LogP contribution in [0.3, 0.4) is 0 Å². The lowest BCUT2D eigenvalue weighted by molar-refractivity contribution is -0.143. The van der Waals surface area contributed by atoms with E-state index in [1.807, 2.05) is 45.0 Å². The van der Waals surface area contributed by atoms with Gasteiger partial charge in [-0.1, -0.05) is 32.9 Å². The first-order chi connectivity index (χ1) is 15.4. The fourth-order valence-corrected chi connectivity index (χ4v) is 3.17. The lowest BCUT2D eigenvalue weighted by Crippen LogP contribution is -2.50. The van der Waals surface area contributed by atoms with Crippen LogP contribution in [-0.4, -0.2) is 50.1 Å². The van der Waals surface area contributed by atoms with Crippen LogP contribution >= 0.6 is 0 Å². The van der Waals surface area contributed by atoms with Gasteiger partial charge in [0, 0.05) is 13.1 Å². The molecule has 2 aromatic carbocycles. The molecule has 2 aromatic rings. The molecule has 174 valence electrons. The third kappa shape index (κ3) is 7.48. The third-order valence-electron chi connectivity index (χ3n) is 5.00. The predicted molar refractivity (Wildman–Crippen MR) is 124 cm³/mol. The first-order valence-corrected chi connectivity index (χ1v) is 10.8. The Morgan fingerprint density at radius 1 is 0.906 bits per heavy atom. The maximum Gasteiger partial charge on any atom is 0.261 e. The molecule has 0 aliphatic carbocycles. The van der Waals surface area contributed by atoms with Crippen molar-refractivity contribution in [3.63, 3.8) is 0 Å². The van der Waals surface area contributed by atoms with Crippen molar-refractivity contribution >= 4 is 11.8 Å². The summed E-state index contributed by atoms with van der Waals surface area (Å²) >= 11 is 0. The highest BCUT2D eigenvalue weighted by Crippen LogP contribution is 2.19. The van der Waals surface area contributed by atoms with E-state index in [4.69, 9.17) is 14.2 Å². The quantitative estimate of drug-likeness (QED) is 0.543. The van der Waals surface area contributed by atoms with Gasteiger partial charge in [-0.15, -0.1) is 0 Å². The van der Waals surface area contributed by atoms with E-state index >= 15 is 0 Å². The molecule has 0 aliphatic rings. The van der Waals surface area contributed by atoms with Crippen LogP contribution in [0.25, 0.3) is 0 Å². The Morgan fingerprint density at radius 3 is 1.94 bits per heavy atom. The number of methoxy groups -OCH3 is 2. The smallest absolute Gasteiger partial charge is 0.261 e. The largest absolute Gasteiger partial charge is 0.497 e. The second-order valence-electron chi connectivity index (χ2n) is 7.90. The van der Waals surface area contributed by atoms with Crippen molar-refractivity contribution in [2.24, 2.45) is 5.92 Å². The van der Waals surface area contributed by atoms with Crippen molar-refractivity contribution in [2.75, 3.05) is 27.4 Å². The van der Waals surface area contributed by atoms with Crippen LogP contribution in [-0.2, 0) is 16.1 Å². The zero-order valence-electron chi connectivity index (χ0n) is 19.6. The molecule has 0 aromatic heterocycles. The zero-order chi connectivity index (χ0) is 23.5. The second kappa shape index (κ2) is 12.6. The Kier molecular flexibility index (Phi) is 9.85. The van der Waals surface area contributed by atoms with Crippen molar-refractivity contribution in [3.05, 3.63) is 54.1 Å². The molecule has 0 saturated heterocycles. The Labute approximate surface area is 190 Å². The first-order valence-electron chi connectivity index (χ1n) is 10.8. The molecule has 0 saturated carbocycles. The number of carbonyl (C=O) groups is 2. The van der Waals surface area contributed by atoms with Gasteiger partial charge in [0.2, 0.25) is 5.91 Å². The number of hydrogen-bond donors (Lipinski definition) is 1. The summed E-state index contributed by atoms with van der Waals surface area (Å²) in [5, 5.41) is 2.95. The normalized spacial score (nSPS) is 11.6. The number of rotatable bonds is 12. The lowest BCUT2D eigenvalue weighted by atomic mass is 10.1. The number of carbonyl (C=O) groups excluding carboxylic acids is 2. The minimum atomic E-state index is -0.595. The van der Waals surface area contributed by atoms with Gasteiger partial charge in [-0.25, -0.2) is 0 Å². The summed E-state index contributed by atoms with van der Waals surface area (Å²) in [6.45, 7) is 6.65. The molecule has 0 heterocycles. The molecule has 7 nitrogen and oxygen atoms in total. The van der Waals surface area contributed by atoms with Crippen molar-refractivity contribution in [2.45, 2.75) is 39.8 Å². The van der Waals surface area contributed by atoms with Crippen LogP contribution in [0.5, 0.6) is 17.2 Å². The van der Waals surface area contributed by atoms with Gasteiger partial charge in [0.1, 0.15) is 23.3 Å². The number of nitrogens with one attached hydrogen (secondary N) is 1. The topological polar surface area (TPSA) is 77.1 Å². The minimum absolute atomic E-state index is 0.160. The molecule has 32 heavy (non-hydrogen) atoms. The molecule has 0 fully saturated rings. The average Bonchev–Trinajstić information content (AvgIpc) is 2.81. The number of ether oxygens (including phenoxy) is 3. The molecule has 2 rings (SSSR count). The highest BCUT2D eigenvalue weighted by atomic mass is 16.5. The van der Waals surface area contributed by atoms with Gasteiger partial charge < -0.3 is 24.4 Å². The molecule has 0 spiro atoms. The van der Waals surface area contributed by atoms with Crippen molar-refractivity contribution in [1.29, 1.82) is 0 Å². The van der Waals surface area contributed by atoms with Gasteiger partial charge in [0.25, 0.3) is 5.91 Å². The van der Waals surface area contributed by atoms with Gasteiger partial charge in [0.05, 0.1) is 14.2 Å². The molecular weight excluding hydrogens is 408 g/mol. The van der Waals surface area contributed by atoms with Gasteiger partial charge in [-0.2, -0.15) is 0 Å². The Hall–Kier alpha value is -3.22. The summed E-state index contributed by atoms with van der Waals surface area (Å²) in [5.74, 6) is 1.89. The Balaban J connectivity index is 2.17. The number of hydrogen-bond acceptors (Lipinski definition) is 5. The SMILES string of the molecule is CC[C@@H](C(=O)NCC(C)C)N(Cc1ccc(OC)cc1)C(=O)COc1ccc(OC)cc1. The molecule has 2 amide bonds. The highest BCUT2D eigenvalue weighted by molar-refractivity contribution is 5.88. The fourth-order valence-electron chi connectivity index (χ4n) is 3.17. The molecule has 0 radical (unpaired) electrons.